The molecular weight excluding hydrogens is 242 g/mol. The van der Waals surface area contributed by atoms with Crippen LogP contribution in [0.2, 0.25) is 0 Å². The van der Waals surface area contributed by atoms with Gasteiger partial charge < -0.3 is 15.7 Å². The molecule has 5 nitrogen and oxygen atoms in total. The number of urea groups is 1. The van der Waals surface area contributed by atoms with Crippen molar-refractivity contribution in [3.8, 4) is 0 Å². The van der Waals surface area contributed by atoms with Crippen molar-refractivity contribution in [2.24, 2.45) is 0 Å². The number of para-hydroxylation sites is 2. The van der Waals surface area contributed by atoms with Gasteiger partial charge in [0.2, 0.25) is 0 Å². The lowest BCUT2D eigenvalue weighted by Crippen LogP contribution is -2.35. The van der Waals surface area contributed by atoms with Crippen LogP contribution in [-0.4, -0.2) is 41.3 Å². The Morgan fingerprint density at radius 3 is 2.63 bits per heavy atom. The summed E-state index contributed by atoms with van der Waals surface area (Å²) in [5, 5.41) is 9.72. The number of benzene rings is 1. The van der Waals surface area contributed by atoms with E-state index < -0.39 is 5.60 Å². The Hall–Kier alpha value is -1.75. The number of carbonyl (C=O) groups excluding carboxylic acids is 1. The second-order valence-corrected chi connectivity index (χ2v) is 5.54. The number of amides is 2. The molecule has 104 valence electrons. The van der Waals surface area contributed by atoms with E-state index in [9.17, 15) is 9.90 Å². The Morgan fingerprint density at radius 2 is 2.00 bits per heavy atom. The Kier molecular flexibility index (Phi) is 3.66. The summed E-state index contributed by atoms with van der Waals surface area (Å²) in [7, 11) is 0. The van der Waals surface area contributed by atoms with Crippen molar-refractivity contribution < 1.29 is 9.90 Å². The maximum atomic E-state index is 12.3. The molecule has 1 aliphatic heterocycles. The van der Waals surface area contributed by atoms with Gasteiger partial charge in [0.25, 0.3) is 0 Å². The van der Waals surface area contributed by atoms with E-state index in [1.165, 1.54) is 0 Å². The van der Waals surface area contributed by atoms with Crippen LogP contribution in [0.4, 0.5) is 16.2 Å². The van der Waals surface area contributed by atoms with Crippen LogP contribution in [0.3, 0.4) is 0 Å². The minimum absolute atomic E-state index is 0.0397. The summed E-state index contributed by atoms with van der Waals surface area (Å²) in [4.78, 5) is 15.7. The third kappa shape index (κ3) is 3.17. The normalized spacial score (nSPS) is 16.3. The minimum Gasteiger partial charge on any atom is -0.397 e. The highest BCUT2D eigenvalue weighted by Crippen LogP contribution is 2.26. The van der Waals surface area contributed by atoms with E-state index in [2.05, 4.69) is 0 Å². The van der Waals surface area contributed by atoms with Crippen LogP contribution in [0.15, 0.2) is 24.3 Å². The third-order valence-corrected chi connectivity index (χ3v) is 3.32. The lowest BCUT2D eigenvalue weighted by Gasteiger charge is -2.23. The van der Waals surface area contributed by atoms with Gasteiger partial charge in [-0.3, -0.25) is 4.90 Å². The summed E-state index contributed by atoms with van der Waals surface area (Å²) in [6, 6.07) is 7.33. The van der Waals surface area contributed by atoms with Crippen LogP contribution in [0.1, 0.15) is 20.3 Å². The predicted octanol–water partition coefficient (Wildman–Crippen LogP) is 1.67. The molecule has 0 bridgehead atoms. The molecular formula is C14H21N3O2. The highest BCUT2D eigenvalue weighted by molar-refractivity contribution is 5.97. The predicted molar refractivity (Wildman–Crippen MR) is 76.1 cm³/mol. The second kappa shape index (κ2) is 5.09. The molecule has 2 amide bonds. The van der Waals surface area contributed by atoms with Gasteiger partial charge in [-0.05, 0) is 32.4 Å². The zero-order valence-corrected chi connectivity index (χ0v) is 11.5. The molecule has 19 heavy (non-hydrogen) atoms. The van der Waals surface area contributed by atoms with Crippen LogP contribution in [0.5, 0.6) is 0 Å². The molecule has 1 aliphatic rings. The van der Waals surface area contributed by atoms with E-state index in [0.29, 0.717) is 31.7 Å². The maximum absolute atomic E-state index is 12.3. The molecule has 3 N–H and O–H groups in total. The molecule has 0 atom stereocenters. The zero-order valence-electron chi connectivity index (χ0n) is 11.5. The van der Waals surface area contributed by atoms with Crippen LogP contribution >= 0.6 is 0 Å². The molecule has 1 saturated heterocycles. The monoisotopic (exact) mass is 263 g/mol. The Balaban J connectivity index is 2.04. The first-order chi connectivity index (χ1) is 8.88. The molecule has 0 unspecified atom stereocenters. The largest absolute Gasteiger partial charge is 0.397 e. The Labute approximate surface area is 113 Å². The lowest BCUT2D eigenvalue weighted by molar-refractivity contribution is 0.0636. The van der Waals surface area contributed by atoms with Gasteiger partial charge in [0.1, 0.15) is 0 Å². The minimum atomic E-state index is -0.751. The van der Waals surface area contributed by atoms with Crippen LogP contribution < -0.4 is 10.6 Å². The fourth-order valence-corrected chi connectivity index (χ4v) is 2.16. The molecule has 2 rings (SSSR count). The van der Waals surface area contributed by atoms with Crippen LogP contribution in [0, 0.1) is 0 Å². The fraction of sp³-hybridized carbons (Fsp3) is 0.500. The number of hydrogen-bond donors (Lipinski definition) is 2. The average molecular weight is 263 g/mol. The molecule has 5 heteroatoms. The molecule has 0 saturated carbocycles. The Morgan fingerprint density at radius 1 is 1.32 bits per heavy atom. The molecule has 1 fully saturated rings. The van der Waals surface area contributed by atoms with Crippen molar-refractivity contribution >= 4 is 17.4 Å². The summed E-state index contributed by atoms with van der Waals surface area (Å²) in [5.74, 6) is 0. The lowest BCUT2D eigenvalue weighted by atomic mass is 10.1. The molecule has 0 spiro atoms. The summed E-state index contributed by atoms with van der Waals surface area (Å²) in [5.41, 5.74) is 6.52. The number of rotatable bonds is 4. The molecule has 1 aromatic rings. The highest BCUT2D eigenvalue weighted by atomic mass is 16.3. The van der Waals surface area contributed by atoms with E-state index in [1.807, 2.05) is 18.2 Å². The van der Waals surface area contributed by atoms with Gasteiger partial charge in [-0.25, -0.2) is 4.79 Å². The van der Waals surface area contributed by atoms with Crippen molar-refractivity contribution in [1.82, 2.24) is 4.90 Å². The number of nitrogen functional groups attached to an aromatic ring is 1. The van der Waals surface area contributed by atoms with Gasteiger partial charge in [0.05, 0.1) is 17.0 Å². The van der Waals surface area contributed by atoms with Crippen molar-refractivity contribution in [2.75, 3.05) is 30.3 Å². The molecule has 1 heterocycles. The quantitative estimate of drug-likeness (QED) is 0.812. The number of hydrogen-bond acceptors (Lipinski definition) is 3. The fourth-order valence-electron chi connectivity index (χ4n) is 2.16. The third-order valence-electron chi connectivity index (χ3n) is 3.32. The van der Waals surface area contributed by atoms with Gasteiger partial charge >= 0.3 is 6.03 Å². The molecule has 0 radical (unpaired) electrons. The van der Waals surface area contributed by atoms with Gasteiger partial charge in [-0.1, -0.05) is 12.1 Å². The van der Waals surface area contributed by atoms with Gasteiger partial charge in [0, 0.05) is 19.6 Å². The van der Waals surface area contributed by atoms with Gasteiger partial charge in [-0.15, -0.1) is 0 Å². The number of carbonyl (C=O) groups is 1. The highest BCUT2D eigenvalue weighted by Gasteiger charge is 2.31. The summed E-state index contributed by atoms with van der Waals surface area (Å²) < 4.78 is 0. The van der Waals surface area contributed by atoms with Crippen molar-refractivity contribution in [1.29, 1.82) is 0 Å². The van der Waals surface area contributed by atoms with E-state index in [-0.39, 0.29) is 6.03 Å². The molecule has 0 aromatic heterocycles. The van der Waals surface area contributed by atoms with E-state index in [1.54, 1.807) is 29.7 Å². The Bertz CT molecular complexity index is 468. The molecule has 1 aromatic carbocycles. The van der Waals surface area contributed by atoms with E-state index >= 15 is 0 Å². The zero-order chi connectivity index (χ0) is 14.0. The van der Waals surface area contributed by atoms with Gasteiger partial charge in [-0.2, -0.15) is 0 Å². The number of nitrogens with zero attached hydrogens (tertiary/aromatic N) is 2. The van der Waals surface area contributed by atoms with Crippen molar-refractivity contribution in [3.05, 3.63) is 24.3 Å². The van der Waals surface area contributed by atoms with E-state index in [0.717, 1.165) is 5.69 Å². The van der Waals surface area contributed by atoms with Crippen molar-refractivity contribution in [2.45, 2.75) is 25.9 Å². The first-order valence-corrected chi connectivity index (χ1v) is 6.52. The smallest absolute Gasteiger partial charge is 0.324 e. The summed E-state index contributed by atoms with van der Waals surface area (Å²) in [6.45, 7) is 5.37. The topological polar surface area (TPSA) is 69.8 Å². The number of anilines is 2. The second-order valence-electron chi connectivity index (χ2n) is 5.54. The SMILES string of the molecule is CC(C)(O)CCN1CCN(c2ccccc2N)C1=O. The van der Waals surface area contributed by atoms with Crippen LogP contribution in [0.25, 0.3) is 0 Å². The van der Waals surface area contributed by atoms with Gasteiger partial charge in [0.15, 0.2) is 0 Å². The van der Waals surface area contributed by atoms with Crippen LogP contribution in [-0.2, 0) is 0 Å². The average Bonchev–Trinajstić information content (AvgIpc) is 2.68. The summed E-state index contributed by atoms with van der Waals surface area (Å²) >= 11 is 0. The first kappa shape index (κ1) is 13.7. The standard InChI is InChI=1S/C14H21N3O2/c1-14(2,19)7-8-16-9-10-17(13(16)18)12-6-4-3-5-11(12)15/h3-6,19H,7-10,15H2,1-2H3. The maximum Gasteiger partial charge on any atom is 0.324 e. The van der Waals surface area contributed by atoms with E-state index in [4.69, 9.17) is 5.73 Å². The van der Waals surface area contributed by atoms with Crippen molar-refractivity contribution in [3.63, 3.8) is 0 Å². The molecule has 0 aliphatic carbocycles. The number of aliphatic hydroxyl groups is 1. The first-order valence-electron chi connectivity index (χ1n) is 6.52. The number of nitrogens with two attached hydrogens (primary N) is 1. The summed E-state index contributed by atoms with van der Waals surface area (Å²) in [6.07, 6.45) is 0.566.